The van der Waals surface area contributed by atoms with E-state index in [1.807, 2.05) is 0 Å². The van der Waals surface area contributed by atoms with Crippen molar-refractivity contribution in [2.75, 3.05) is 18.5 Å². The summed E-state index contributed by atoms with van der Waals surface area (Å²) in [4.78, 5) is 3.69. The average molecular weight is 354 g/mol. The highest BCUT2D eigenvalue weighted by Gasteiger charge is 2.31. The zero-order chi connectivity index (χ0) is 18.0. The first-order chi connectivity index (χ1) is 11.9. The smallest absolute Gasteiger partial charge is 0.396 e. The Balaban J connectivity index is 2.03. The van der Waals surface area contributed by atoms with Crippen LogP contribution in [-0.4, -0.2) is 32.9 Å². The van der Waals surface area contributed by atoms with E-state index >= 15 is 0 Å². The molecule has 3 heterocycles. The quantitative estimate of drug-likeness (QED) is 0.419. The van der Waals surface area contributed by atoms with Crippen LogP contribution in [0.3, 0.4) is 0 Å². The van der Waals surface area contributed by atoms with Gasteiger partial charge in [0.25, 0.3) is 0 Å². The Labute approximate surface area is 139 Å². The van der Waals surface area contributed by atoms with Crippen LogP contribution in [-0.2, 0) is 6.18 Å². The number of aliphatic hydroxyl groups is 1. The number of aromatic nitrogens is 3. The molecule has 0 radical (unpaired) electrons. The van der Waals surface area contributed by atoms with Crippen molar-refractivity contribution in [1.29, 1.82) is 0 Å². The molecule has 0 saturated heterocycles. The fourth-order valence-electron chi connectivity index (χ4n) is 2.42. The Kier molecular flexibility index (Phi) is 4.58. The van der Waals surface area contributed by atoms with Crippen molar-refractivity contribution in [2.24, 2.45) is 0 Å². The van der Waals surface area contributed by atoms with Gasteiger partial charge in [0.2, 0.25) is 5.95 Å². The SMILES string of the molecule is OCCCNc1cc(-c2cnn3ccc(C(F)(F)F)cc23)cc(F)n1. The van der Waals surface area contributed by atoms with E-state index in [1.54, 1.807) is 0 Å². The van der Waals surface area contributed by atoms with Crippen LogP contribution in [0.25, 0.3) is 16.6 Å². The van der Waals surface area contributed by atoms with Gasteiger partial charge >= 0.3 is 6.18 Å². The number of halogens is 4. The van der Waals surface area contributed by atoms with Gasteiger partial charge in [-0.05, 0) is 30.2 Å². The second-order valence-electron chi connectivity index (χ2n) is 5.37. The standard InChI is InChI=1S/C16H14F4N4O/c17-14-6-10(7-15(23-14)21-3-1-5-25)12-9-22-24-4-2-11(8-13(12)24)16(18,19)20/h2,4,6-9,25H,1,3,5H2,(H,21,23). The van der Waals surface area contributed by atoms with Crippen molar-refractivity contribution in [3.8, 4) is 11.1 Å². The van der Waals surface area contributed by atoms with E-state index in [1.165, 1.54) is 23.0 Å². The summed E-state index contributed by atoms with van der Waals surface area (Å²) in [7, 11) is 0. The molecule has 0 amide bonds. The summed E-state index contributed by atoms with van der Waals surface area (Å²) >= 11 is 0. The molecule has 9 heteroatoms. The molecule has 0 aliphatic rings. The van der Waals surface area contributed by atoms with E-state index in [-0.39, 0.29) is 17.9 Å². The number of nitrogens with one attached hydrogen (secondary N) is 1. The molecule has 132 valence electrons. The number of hydrogen-bond acceptors (Lipinski definition) is 4. The number of nitrogens with zero attached hydrogens (tertiary/aromatic N) is 3. The largest absolute Gasteiger partial charge is 0.416 e. The van der Waals surface area contributed by atoms with Crippen molar-refractivity contribution >= 4 is 11.3 Å². The Morgan fingerprint density at radius 2 is 2.00 bits per heavy atom. The molecule has 0 aromatic carbocycles. The van der Waals surface area contributed by atoms with Crippen molar-refractivity contribution in [1.82, 2.24) is 14.6 Å². The summed E-state index contributed by atoms with van der Waals surface area (Å²) in [5.41, 5.74) is 0.116. The van der Waals surface area contributed by atoms with Gasteiger partial charge in [-0.3, -0.25) is 0 Å². The molecular formula is C16H14F4N4O. The summed E-state index contributed by atoms with van der Waals surface area (Å²) in [6.07, 6.45) is -1.44. The molecule has 3 rings (SSSR count). The highest BCUT2D eigenvalue weighted by Crippen LogP contribution is 2.33. The number of pyridine rings is 2. The number of fused-ring (bicyclic) bond motifs is 1. The number of hydrogen-bond donors (Lipinski definition) is 2. The zero-order valence-corrected chi connectivity index (χ0v) is 12.9. The molecule has 2 N–H and O–H groups in total. The summed E-state index contributed by atoms with van der Waals surface area (Å²) < 4.78 is 53.9. The molecule has 3 aromatic rings. The Hall–Kier alpha value is -2.68. The second kappa shape index (κ2) is 6.67. The Bertz CT molecular complexity index is 891. The molecule has 0 atom stereocenters. The monoisotopic (exact) mass is 354 g/mol. The summed E-state index contributed by atoms with van der Waals surface area (Å²) in [5, 5.41) is 15.6. The second-order valence-corrected chi connectivity index (χ2v) is 5.37. The summed E-state index contributed by atoms with van der Waals surface area (Å²) in [6, 6.07) is 4.56. The average Bonchev–Trinajstić information content (AvgIpc) is 2.97. The van der Waals surface area contributed by atoms with Gasteiger partial charge in [0.05, 0.1) is 17.3 Å². The molecule has 0 aliphatic heterocycles. The Morgan fingerprint density at radius 3 is 2.72 bits per heavy atom. The van der Waals surface area contributed by atoms with Crippen LogP contribution in [0.5, 0.6) is 0 Å². The van der Waals surface area contributed by atoms with Crippen LogP contribution < -0.4 is 5.32 Å². The van der Waals surface area contributed by atoms with Crippen LogP contribution in [0.1, 0.15) is 12.0 Å². The van der Waals surface area contributed by atoms with Crippen molar-refractivity contribution in [2.45, 2.75) is 12.6 Å². The molecule has 0 bridgehead atoms. The molecule has 0 spiro atoms. The fourth-order valence-corrected chi connectivity index (χ4v) is 2.42. The number of aliphatic hydroxyl groups excluding tert-OH is 1. The lowest BCUT2D eigenvalue weighted by Crippen LogP contribution is -2.06. The lowest BCUT2D eigenvalue weighted by atomic mass is 10.1. The minimum Gasteiger partial charge on any atom is -0.396 e. The van der Waals surface area contributed by atoms with Crippen LogP contribution in [0.2, 0.25) is 0 Å². The third kappa shape index (κ3) is 3.71. The highest BCUT2D eigenvalue weighted by atomic mass is 19.4. The normalized spacial score (nSPS) is 11.9. The molecule has 0 aliphatic carbocycles. The number of alkyl halides is 3. The van der Waals surface area contributed by atoms with Crippen LogP contribution >= 0.6 is 0 Å². The first-order valence-electron chi connectivity index (χ1n) is 7.46. The van der Waals surface area contributed by atoms with E-state index in [0.29, 0.717) is 24.1 Å². The van der Waals surface area contributed by atoms with E-state index in [0.717, 1.165) is 18.2 Å². The van der Waals surface area contributed by atoms with Crippen LogP contribution in [0, 0.1) is 5.95 Å². The maximum atomic E-state index is 13.8. The predicted molar refractivity (Wildman–Crippen MR) is 83.6 cm³/mol. The van der Waals surface area contributed by atoms with Gasteiger partial charge < -0.3 is 10.4 Å². The highest BCUT2D eigenvalue weighted by molar-refractivity contribution is 5.81. The van der Waals surface area contributed by atoms with E-state index in [9.17, 15) is 17.6 Å². The van der Waals surface area contributed by atoms with Crippen molar-refractivity contribution in [3.05, 3.63) is 48.2 Å². The minimum absolute atomic E-state index is 0.0244. The van der Waals surface area contributed by atoms with E-state index in [4.69, 9.17) is 5.11 Å². The molecule has 0 saturated carbocycles. The first kappa shape index (κ1) is 17.2. The molecule has 0 fully saturated rings. The lowest BCUT2D eigenvalue weighted by Gasteiger charge is -2.09. The third-order valence-corrected chi connectivity index (χ3v) is 3.59. The molecular weight excluding hydrogens is 340 g/mol. The predicted octanol–water partition coefficient (Wildman–Crippen LogP) is 3.35. The lowest BCUT2D eigenvalue weighted by molar-refractivity contribution is -0.137. The van der Waals surface area contributed by atoms with Gasteiger partial charge in [-0.1, -0.05) is 0 Å². The maximum Gasteiger partial charge on any atom is 0.416 e. The third-order valence-electron chi connectivity index (χ3n) is 3.59. The topological polar surface area (TPSA) is 62.5 Å². The van der Waals surface area contributed by atoms with Gasteiger partial charge in [0.1, 0.15) is 5.82 Å². The van der Waals surface area contributed by atoms with Gasteiger partial charge in [-0.25, -0.2) is 9.50 Å². The number of rotatable bonds is 5. The van der Waals surface area contributed by atoms with E-state index < -0.39 is 17.7 Å². The van der Waals surface area contributed by atoms with Crippen LogP contribution in [0.15, 0.2) is 36.7 Å². The minimum atomic E-state index is -4.48. The first-order valence-corrected chi connectivity index (χ1v) is 7.46. The van der Waals surface area contributed by atoms with Crippen molar-refractivity contribution < 1.29 is 22.7 Å². The molecule has 5 nitrogen and oxygen atoms in total. The fraction of sp³-hybridized carbons (Fsp3) is 0.250. The molecule has 3 aromatic heterocycles. The maximum absolute atomic E-state index is 13.8. The number of anilines is 1. The summed E-state index contributed by atoms with van der Waals surface area (Å²) in [6.45, 7) is 0.364. The molecule has 25 heavy (non-hydrogen) atoms. The molecule has 0 unspecified atom stereocenters. The van der Waals surface area contributed by atoms with Gasteiger partial charge in [-0.2, -0.15) is 22.7 Å². The van der Waals surface area contributed by atoms with Gasteiger partial charge in [0.15, 0.2) is 0 Å². The van der Waals surface area contributed by atoms with Gasteiger partial charge in [0, 0.05) is 31.0 Å². The summed E-state index contributed by atoms with van der Waals surface area (Å²) in [5.74, 6) is -0.537. The Morgan fingerprint density at radius 1 is 1.20 bits per heavy atom. The van der Waals surface area contributed by atoms with Gasteiger partial charge in [-0.15, -0.1) is 0 Å². The van der Waals surface area contributed by atoms with Crippen molar-refractivity contribution in [3.63, 3.8) is 0 Å². The van der Waals surface area contributed by atoms with Crippen LogP contribution in [0.4, 0.5) is 23.4 Å². The van der Waals surface area contributed by atoms with E-state index in [2.05, 4.69) is 15.4 Å². The zero-order valence-electron chi connectivity index (χ0n) is 12.9.